The number of hydrogen-bond acceptors (Lipinski definition) is 2. The minimum Gasteiger partial charge on any atom is -0.350 e. The van der Waals surface area contributed by atoms with E-state index in [1.807, 2.05) is 20.8 Å². The molecule has 2 atom stereocenters. The molecule has 0 bridgehead atoms. The van der Waals surface area contributed by atoms with Crippen LogP contribution in [0.5, 0.6) is 0 Å². The highest BCUT2D eigenvalue weighted by molar-refractivity contribution is 5.81. The van der Waals surface area contributed by atoms with Gasteiger partial charge in [0.1, 0.15) is 0 Å². The Balaban J connectivity index is 4.10. The average Bonchev–Trinajstić information content (AvgIpc) is 2.16. The van der Waals surface area contributed by atoms with E-state index in [0.717, 1.165) is 12.8 Å². The minimum atomic E-state index is -0.120. The number of nitrogens with one attached hydrogen (secondary N) is 2. The van der Waals surface area contributed by atoms with Crippen LogP contribution in [-0.4, -0.2) is 23.5 Å². The molecule has 0 aliphatic heterocycles. The molecule has 0 aliphatic rings. The van der Waals surface area contributed by atoms with Gasteiger partial charge in [0.05, 0.1) is 6.04 Å². The van der Waals surface area contributed by atoms with Gasteiger partial charge in [0, 0.05) is 11.6 Å². The Morgan fingerprint density at radius 1 is 1.27 bits per heavy atom. The highest BCUT2D eigenvalue weighted by Crippen LogP contribution is 2.07. The van der Waals surface area contributed by atoms with Gasteiger partial charge < -0.3 is 10.6 Å². The van der Waals surface area contributed by atoms with Crippen LogP contribution in [0.1, 0.15) is 54.4 Å². The molecular weight excluding hydrogens is 188 g/mol. The second-order valence-electron chi connectivity index (χ2n) is 4.92. The van der Waals surface area contributed by atoms with Crippen LogP contribution in [-0.2, 0) is 4.79 Å². The molecule has 0 aromatic heterocycles. The molecule has 0 saturated carbocycles. The molecule has 0 aromatic rings. The molecule has 2 N–H and O–H groups in total. The predicted octanol–water partition coefficient (Wildman–Crippen LogP) is 2.07. The maximum Gasteiger partial charge on any atom is 0.237 e. The quantitative estimate of drug-likeness (QED) is 0.710. The van der Waals surface area contributed by atoms with Crippen molar-refractivity contribution in [1.82, 2.24) is 10.6 Å². The molecule has 90 valence electrons. The highest BCUT2D eigenvalue weighted by atomic mass is 16.2. The van der Waals surface area contributed by atoms with E-state index < -0.39 is 0 Å². The summed E-state index contributed by atoms with van der Waals surface area (Å²) in [5.41, 5.74) is -0.109. The first-order valence-corrected chi connectivity index (χ1v) is 5.90. The van der Waals surface area contributed by atoms with Crippen LogP contribution in [0.25, 0.3) is 0 Å². The summed E-state index contributed by atoms with van der Waals surface area (Å²) < 4.78 is 0. The molecule has 0 saturated heterocycles. The Bertz CT molecular complexity index is 202. The van der Waals surface area contributed by atoms with Crippen molar-refractivity contribution in [3.8, 4) is 0 Å². The van der Waals surface area contributed by atoms with Gasteiger partial charge in [-0.15, -0.1) is 0 Å². The van der Waals surface area contributed by atoms with Crippen molar-refractivity contribution < 1.29 is 4.79 Å². The zero-order valence-corrected chi connectivity index (χ0v) is 11.0. The van der Waals surface area contributed by atoms with Gasteiger partial charge in [-0.25, -0.2) is 0 Å². The van der Waals surface area contributed by atoms with Crippen molar-refractivity contribution in [2.24, 2.45) is 0 Å². The molecule has 0 aromatic carbocycles. The normalized spacial score (nSPS) is 15.9. The van der Waals surface area contributed by atoms with Crippen molar-refractivity contribution in [3.63, 3.8) is 0 Å². The van der Waals surface area contributed by atoms with Gasteiger partial charge >= 0.3 is 0 Å². The van der Waals surface area contributed by atoms with Gasteiger partial charge in [0.25, 0.3) is 0 Å². The van der Waals surface area contributed by atoms with Gasteiger partial charge in [0.2, 0.25) is 5.91 Å². The standard InChI is InChI=1S/C12H26N2O/c1-7-9(3)13-10(4)11(15)14-12(5,6)8-2/h9-10,13H,7-8H2,1-6H3,(H,14,15). The lowest BCUT2D eigenvalue weighted by Crippen LogP contribution is -2.52. The predicted molar refractivity (Wildman–Crippen MR) is 64.9 cm³/mol. The lowest BCUT2D eigenvalue weighted by atomic mass is 10.0. The molecule has 1 amide bonds. The van der Waals surface area contributed by atoms with Crippen LogP contribution in [0.2, 0.25) is 0 Å². The van der Waals surface area contributed by atoms with Crippen molar-refractivity contribution >= 4 is 5.91 Å². The van der Waals surface area contributed by atoms with E-state index >= 15 is 0 Å². The molecule has 2 unspecified atom stereocenters. The molecule has 0 rings (SSSR count). The molecule has 0 spiro atoms. The van der Waals surface area contributed by atoms with Crippen LogP contribution in [0, 0.1) is 0 Å². The first-order chi connectivity index (χ1) is 6.82. The summed E-state index contributed by atoms with van der Waals surface area (Å²) in [5.74, 6) is 0.0853. The summed E-state index contributed by atoms with van der Waals surface area (Å²) in [5, 5.41) is 6.30. The molecule has 15 heavy (non-hydrogen) atoms. The summed E-state index contributed by atoms with van der Waals surface area (Å²) in [4.78, 5) is 11.8. The van der Waals surface area contributed by atoms with Crippen molar-refractivity contribution in [2.75, 3.05) is 0 Å². The maximum absolute atomic E-state index is 11.8. The van der Waals surface area contributed by atoms with Crippen molar-refractivity contribution in [3.05, 3.63) is 0 Å². The Labute approximate surface area is 94.0 Å². The number of rotatable bonds is 6. The second-order valence-corrected chi connectivity index (χ2v) is 4.92. The first-order valence-electron chi connectivity index (χ1n) is 5.90. The van der Waals surface area contributed by atoms with Crippen molar-refractivity contribution in [2.45, 2.75) is 72.0 Å². The summed E-state index contributed by atoms with van der Waals surface area (Å²) in [6, 6.07) is 0.265. The Hall–Kier alpha value is -0.570. The first kappa shape index (κ1) is 14.4. The van der Waals surface area contributed by atoms with E-state index in [9.17, 15) is 4.79 Å². The summed E-state index contributed by atoms with van der Waals surface area (Å²) in [6.07, 6.45) is 1.98. The van der Waals surface area contributed by atoms with Crippen LogP contribution in [0.15, 0.2) is 0 Å². The average molecular weight is 214 g/mol. The molecule has 0 radical (unpaired) electrons. The third-order valence-electron chi connectivity index (χ3n) is 2.89. The zero-order valence-electron chi connectivity index (χ0n) is 11.0. The molecule has 3 nitrogen and oxygen atoms in total. The molecule has 0 aliphatic carbocycles. The van der Waals surface area contributed by atoms with E-state index in [2.05, 4.69) is 31.4 Å². The molecule has 3 heteroatoms. The van der Waals surface area contributed by atoms with E-state index in [4.69, 9.17) is 0 Å². The fourth-order valence-corrected chi connectivity index (χ4v) is 1.15. The van der Waals surface area contributed by atoms with E-state index in [1.165, 1.54) is 0 Å². The van der Waals surface area contributed by atoms with Gasteiger partial charge in [-0.05, 0) is 40.5 Å². The third kappa shape index (κ3) is 5.78. The number of carbonyl (C=O) groups is 1. The van der Waals surface area contributed by atoms with Gasteiger partial charge in [-0.3, -0.25) is 4.79 Å². The SMILES string of the molecule is CCC(C)NC(C)C(=O)NC(C)(C)CC. The minimum absolute atomic E-state index is 0.0853. The smallest absolute Gasteiger partial charge is 0.237 e. The van der Waals surface area contributed by atoms with Crippen LogP contribution >= 0.6 is 0 Å². The summed E-state index contributed by atoms with van der Waals surface area (Å²) in [6.45, 7) is 12.3. The highest BCUT2D eigenvalue weighted by Gasteiger charge is 2.22. The maximum atomic E-state index is 11.8. The van der Waals surface area contributed by atoms with Gasteiger partial charge in [0.15, 0.2) is 0 Å². The van der Waals surface area contributed by atoms with Crippen molar-refractivity contribution in [1.29, 1.82) is 0 Å². The lowest BCUT2D eigenvalue weighted by molar-refractivity contribution is -0.124. The van der Waals surface area contributed by atoms with Crippen LogP contribution < -0.4 is 10.6 Å². The fraction of sp³-hybridized carbons (Fsp3) is 0.917. The van der Waals surface area contributed by atoms with Crippen LogP contribution in [0.3, 0.4) is 0 Å². The molecular formula is C12H26N2O. The Kier molecular flexibility index (Phi) is 5.88. The number of carbonyl (C=O) groups excluding carboxylic acids is 1. The summed E-state index contributed by atoms with van der Waals surface area (Å²) in [7, 11) is 0. The second kappa shape index (κ2) is 6.11. The summed E-state index contributed by atoms with van der Waals surface area (Å²) >= 11 is 0. The monoisotopic (exact) mass is 214 g/mol. The van der Waals surface area contributed by atoms with Crippen LogP contribution in [0.4, 0.5) is 0 Å². The van der Waals surface area contributed by atoms with Gasteiger partial charge in [-0.2, -0.15) is 0 Å². The Morgan fingerprint density at radius 3 is 2.20 bits per heavy atom. The third-order valence-corrected chi connectivity index (χ3v) is 2.89. The topological polar surface area (TPSA) is 41.1 Å². The fourth-order valence-electron chi connectivity index (χ4n) is 1.15. The largest absolute Gasteiger partial charge is 0.350 e. The lowest BCUT2D eigenvalue weighted by Gasteiger charge is -2.27. The van der Waals surface area contributed by atoms with Gasteiger partial charge in [-0.1, -0.05) is 13.8 Å². The Morgan fingerprint density at radius 2 is 1.80 bits per heavy atom. The van der Waals surface area contributed by atoms with E-state index in [0.29, 0.717) is 6.04 Å². The number of hydrogen-bond donors (Lipinski definition) is 2. The number of amides is 1. The van der Waals surface area contributed by atoms with E-state index in [1.54, 1.807) is 0 Å². The van der Waals surface area contributed by atoms with E-state index in [-0.39, 0.29) is 17.5 Å². The molecule has 0 heterocycles. The zero-order chi connectivity index (χ0) is 12.1. The molecule has 0 fully saturated rings.